The number of benzene rings is 1. The highest BCUT2D eigenvalue weighted by molar-refractivity contribution is 7.80. The lowest BCUT2D eigenvalue weighted by molar-refractivity contribution is -0.177. The lowest BCUT2D eigenvalue weighted by Crippen LogP contribution is -2.72. The molecule has 1 fully saturated rings. The molecule has 1 aliphatic heterocycles. The normalized spacial score (nSPS) is 18.0. The third kappa shape index (κ3) is 8.13. The Morgan fingerprint density at radius 2 is 1.61 bits per heavy atom. The second kappa shape index (κ2) is 15.3. The summed E-state index contributed by atoms with van der Waals surface area (Å²) in [6.45, 7) is 3.50. The first kappa shape index (κ1) is 33.4. The van der Waals surface area contributed by atoms with E-state index in [0.29, 0.717) is 6.42 Å². The molecule has 0 radical (unpaired) electrons. The summed E-state index contributed by atoms with van der Waals surface area (Å²) >= 11 is 5.40. The van der Waals surface area contributed by atoms with E-state index in [9.17, 15) is 39.3 Å². The first-order valence-corrected chi connectivity index (χ1v) is 13.8. The third-order valence-corrected chi connectivity index (χ3v) is 7.73. The van der Waals surface area contributed by atoms with E-state index >= 15 is 0 Å². The van der Waals surface area contributed by atoms with E-state index in [0.717, 1.165) is 15.4 Å². The summed E-state index contributed by atoms with van der Waals surface area (Å²) in [7, 11) is 0. The number of hydrogen-bond donors (Lipinski definition) is 5. The van der Waals surface area contributed by atoms with Crippen LogP contribution >= 0.6 is 12.2 Å². The summed E-state index contributed by atoms with van der Waals surface area (Å²) in [5.74, 6) is -4.93. The zero-order valence-corrected chi connectivity index (χ0v) is 23.8. The molecular weight excluding hydrogens is 558 g/mol. The molecule has 226 valence electrons. The molecule has 0 aromatic heterocycles. The highest BCUT2D eigenvalue weighted by Gasteiger charge is 2.57. The molecule has 1 aromatic carbocycles. The van der Waals surface area contributed by atoms with Gasteiger partial charge >= 0.3 is 24.0 Å². The van der Waals surface area contributed by atoms with E-state index in [1.807, 2.05) is 30.3 Å². The second-order valence-electron chi connectivity index (χ2n) is 9.73. The molecular formula is C27H37N3O10S. The van der Waals surface area contributed by atoms with Crippen LogP contribution in [0.5, 0.6) is 0 Å². The van der Waals surface area contributed by atoms with Crippen molar-refractivity contribution in [3.63, 3.8) is 0 Å². The summed E-state index contributed by atoms with van der Waals surface area (Å²) in [5, 5.41) is 42.4. The summed E-state index contributed by atoms with van der Waals surface area (Å²) in [4.78, 5) is 62.9. The number of hydrogen-bond acceptors (Lipinski definition) is 8. The van der Waals surface area contributed by atoms with Gasteiger partial charge in [-0.2, -0.15) is 0 Å². The van der Waals surface area contributed by atoms with Crippen molar-refractivity contribution in [3.05, 3.63) is 35.9 Å². The average Bonchev–Trinajstić information content (AvgIpc) is 2.93. The number of nitrogens with zero attached hydrogens (tertiary/aromatic N) is 2. The highest BCUT2D eigenvalue weighted by Crippen LogP contribution is 2.42. The second-order valence-corrected chi connectivity index (χ2v) is 10.1. The molecule has 13 nitrogen and oxygen atoms in total. The first-order chi connectivity index (χ1) is 19.4. The van der Waals surface area contributed by atoms with Gasteiger partial charge in [0.15, 0.2) is 5.11 Å². The predicted molar refractivity (Wildman–Crippen MR) is 149 cm³/mol. The molecule has 2 amide bonds. The van der Waals surface area contributed by atoms with Gasteiger partial charge < -0.3 is 35.4 Å². The molecule has 14 heteroatoms. The quantitative estimate of drug-likeness (QED) is 0.139. The van der Waals surface area contributed by atoms with Crippen molar-refractivity contribution >= 4 is 47.2 Å². The van der Waals surface area contributed by atoms with Gasteiger partial charge in [-0.15, -0.1) is 0 Å². The monoisotopic (exact) mass is 595 g/mol. The van der Waals surface area contributed by atoms with Crippen molar-refractivity contribution in [3.8, 4) is 0 Å². The Balaban J connectivity index is 2.16. The van der Waals surface area contributed by atoms with Crippen LogP contribution < -0.4 is 5.32 Å². The summed E-state index contributed by atoms with van der Waals surface area (Å²) in [6.07, 6.45) is -2.66. The van der Waals surface area contributed by atoms with Gasteiger partial charge in [0.25, 0.3) is 0 Å². The van der Waals surface area contributed by atoms with Crippen LogP contribution in [-0.4, -0.2) is 90.1 Å². The lowest BCUT2D eigenvalue weighted by atomic mass is 9.76. The molecule has 2 rings (SSSR count). The minimum atomic E-state index is -1.67. The number of carboxylic acids is 3. The number of unbranched alkanes of at least 4 members (excludes halogenated alkanes) is 1. The van der Waals surface area contributed by atoms with Crippen molar-refractivity contribution in [1.29, 1.82) is 0 Å². The number of aliphatic hydroxyl groups is 1. The van der Waals surface area contributed by atoms with Crippen LogP contribution in [-0.2, 0) is 30.5 Å². The first-order valence-electron chi connectivity index (χ1n) is 13.4. The van der Waals surface area contributed by atoms with Crippen LogP contribution in [0.25, 0.3) is 0 Å². The summed E-state index contributed by atoms with van der Waals surface area (Å²) < 4.78 is 5.14. The Hall–Kier alpha value is -3.78. The highest BCUT2D eigenvalue weighted by atomic mass is 32.1. The van der Waals surface area contributed by atoms with E-state index in [-0.39, 0.29) is 38.8 Å². The number of ether oxygens (including phenoxy) is 1. The molecule has 3 atom stereocenters. The van der Waals surface area contributed by atoms with Crippen molar-refractivity contribution in [2.24, 2.45) is 5.41 Å². The Kier molecular flexibility index (Phi) is 12.5. The molecule has 1 saturated heterocycles. The van der Waals surface area contributed by atoms with Crippen LogP contribution in [0.3, 0.4) is 0 Å². The van der Waals surface area contributed by atoms with Crippen LogP contribution in [0.2, 0.25) is 0 Å². The fourth-order valence-electron chi connectivity index (χ4n) is 4.86. The Morgan fingerprint density at radius 1 is 1.00 bits per heavy atom. The maximum Gasteiger partial charge on any atom is 0.407 e. The van der Waals surface area contributed by atoms with E-state index in [1.54, 1.807) is 13.8 Å². The van der Waals surface area contributed by atoms with Gasteiger partial charge in [0.2, 0.25) is 5.91 Å². The van der Waals surface area contributed by atoms with E-state index < -0.39 is 71.6 Å². The molecule has 1 aromatic rings. The van der Waals surface area contributed by atoms with Gasteiger partial charge in [0, 0.05) is 13.0 Å². The minimum absolute atomic E-state index is 0.0474. The van der Waals surface area contributed by atoms with E-state index in [4.69, 9.17) is 22.1 Å². The smallest absolute Gasteiger partial charge is 0.407 e. The molecule has 0 bridgehead atoms. The molecule has 1 heterocycles. The fraction of sp³-hybridized carbons (Fsp3) is 0.556. The van der Waals surface area contributed by atoms with Gasteiger partial charge in [-0.05, 0) is 56.3 Å². The zero-order valence-electron chi connectivity index (χ0n) is 23.0. The van der Waals surface area contributed by atoms with E-state index in [2.05, 4.69) is 5.32 Å². The number of rotatable bonds is 16. The van der Waals surface area contributed by atoms with Crippen LogP contribution in [0.4, 0.5) is 4.79 Å². The molecule has 0 spiro atoms. The van der Waals surface area contributed by atoms with Crippen molar-refractivity contribution < 1.29 is 49.1 Å². The molecule has 1 unspecified atom stereocenters. The van der Waals surface area contributed by atoms with Crippen LogP contribution in [0, 0.1) is 5.41 Å². The maximum atomic E-state index is 13.6. The number of thiocarbonyl (C=S) groups is 1. The lowest BCUT2D eigenvalue weighted by Gasteiger charge is -2.53. The van der Waals surface area contributed by atoms with Gasteiger partial charge in [-0.25, -0.2) is 14.4 Å². The number of aliphatic carboxylic acids is 3. The van der Waals surface area contributed by atoms with Gasteiger partial charge in [-0.3, -0.25) is 14.5 Å². The number of carbonyl (C=O) groups excluding carboxylic acids is 2. The van der Waals surface area contributed by atoms with Gasteiger partial charge in [0.05, 0.1) is 5.41 Å². The summed E-state index contributed by atoms with van der Waals surface area (Å²) in [5.41, 5.74) is -0.754. The topological polar surface area (TPSA) is 194 Å². The van der Waals surface area contributed by atoms with Crippen LogP contribution in [0.15, 0.2) is 30.3 Å². The largest absolute Gasteiger partial charge is 0.481 e. The van der Waals surface area contributed by atoms with Crippen molar-refractivity contribution in [1.82, 2.24) is 15.1 Å². The Labute approximate surface area is 243 Å². The Bertz CT molecular complexity index is 1110. The molecule has 41 heavy (non-hydrogen) atoms. The average molecular weight is 596 g/mol. The Morgan fingerprint density at radius 3 is 2.15 bits per heavy atom. The number of carboxylic acid groups (broad SMARTS) is 3. The number of alkyl carbamates (subject to hydrolysis) is 1. The van der Waals surface area contributed by atoms with Crippen LogP contribution in [0.1, 0.15) is 64.4 Å². The predicted octanol–water partition coefficient (Wildman–Crippen LogP) is 2.41. The molecule has 5 N–H and O–H groups in total. The zero-order chi connectivity index (χ0) is 30.7. The third-order valence-electron chi connectivity index (χ3n) is 7.33. The van der Waals surface area contributed by atoms with Crippen molar-refractivity contribution in [2.75, 3.05) is 6.54 Å². The van der Waals surface area contributed by atoms with E-state index in [1.165, 1.54) is 0 Å². The molecule has 0 aliphatic carbocycles. The molecule has 0 saturated carbocycles. The van der Waals surface area contributed by atoms with Gasteiger partial charge in [-0.1, -0.05) is 44.2 Å². The number of amides is 2. The standard InChI is InChI=1S/C27H37N3O10S/c1-3-27(4-2)23(37)29(26(41)30(24(27)38)19(22(35)36)13-14-20(31)32)18(21(33)34)12-8-9-15-28-25(39)40-16-17-10-6-5-7-11-17/h5-7,10-11,18-19,23,37H,3-4,8-9,12-16H2,1-2H3,(H,28,39)(H,31,32)(H,33,34)(H,35,36)/t18-,19-,23?/m0/s1. The number of aliphatic hydroxyl groups excluding tert-OH is 1. The fourth-order valence-corrected chi connectivity index (χ4v) is 5.30. The van der Waals surface area contributed by atoms with Gasteiger partial charge in [0.1, 0.15) is 24.9 Å². The minimum Gasteiger partial charge on any atom is -0.481 e. The molecule has 1 aliphatic rings. The van der Waals surface area contributed by atoms with Crippen molar-refractivity contribution in [2.45, 2.75) is 83.7 Å². The SMILES string of the molecule is CCC1(CC)C(=O)N([C@@H](CCC(=O)O)C(=O)O)C(=S)N([C@@H](CCCCNC(=O)OCc2ccccc2)C(=O)O)C1O. The maximum absolute atomic E-state index is 13.6. The number of carbonyl (C=O) groups is 5. The summed E-state index contributed by atoms with van der Waals surface area (Å²) in [6, 6.07) is 6.00. The number of nitrogens with one attached hydrogen (secondary N) is 1.